The average Bonchev–Trinajstić information content (AvgIpc) is 2.81. The minimum atomic E-state index is -0.666. The van der Waals surface area contributed by atoms with Crippen LogP contribution in [-0.4, -0.2) is 22.6 Å². The highest BCUT2D eigenvalue weighted by molar-refractivity contribution is 7.98. The van der Waals surface area contributed by atoms with E-state index in [4.69, 9.17) is 0 Å². The van der Waals surface area contributed by atoms with E-state index in [-0.39, 0.29) is 5.56 Å². The van der Waals surface area contributed by atoms with Gasteiger partial charge in [-0.3, -0.25) is 0 Å². The Morgan fingerprint density at radius 3 is 2.89 bits per heavy atom. The molecule has 0 amide bonds. The van der Waals surface area contributed by atoms with E-state index >= 15 is 0 Å². The number of rotatable bonds is 4. The van der Waals surface area contributed by atoms with Crippen LogP contribution in [0.2, 0.25) is 0 Å². The molecule has 0 bridgehead atoms. The van der Waals surface area contributed by atoms with E-state index < -0.39 is 11.8 Å². The van der Waals surface area contributed by atoms with E-state index in [1.165, 1.54) is 31.0 Å². The van der Waals surface area contributed by atoms with E-state index in [0.717, 1.165) is 10.7 Å². The van der Waals surface area contributed by atoms with Crippen LogP contribution < -0.4 is 0 Å². The summed E-state index contributed by atoms with van der Waals surface area (Å²) in [7, 11) is 3.13. The Hall–Kier alpha value is -1.82. The fourth-order valence-electron chi connectivity index (χ4n) is 1.56. The van der Waals surface area contributed by atoms with Gasteiger partial charge in [-0.2, -0.15) is 0 Å². The first-order valence-electron chi connectivity index (χ1n) is 5.58. The topological polar surface area (TPSA) is 44.1 Å². The Morgan fingerprint density at radius 2 is 2.32 bits per heavy atom. The van der Waals surface area contributed by atoms with E-state index in [2.05, 4.69) is 9.72 Å². The van der Waals surface area contributed by atoms with Crippen LogP contribution in [0.4, 0.5) is 4.39 Å². The smallest absolute Gasteiger partial charge is 0.340 e. The monoisotopic (exact) mass is 280 g/mol. The van der Waals surface area contributed by atoms with Crippen molar-refractivity contribution in [1.29, 1.82) is 0 Å². The molecule has 0 atom stereocenters. The molecular formula is C13H13FN2O2S. The molecule has 6 heteroatoms. The van der Waals surface area contributed by atoms with Crippen molar-refractivity contribution in [3.63, 3.8) is 0 Å². The van der Waals surface area contributed by atoms with Crippen LogP contribution in [0.15, 0.2) is 35.7 Å². The highest BCUT2D eigenvalue weighted by Crippen LogP contribution is 2.22. The minimum Gasteiger partial charge on any atom is -0.465 e. The van der Waals surface area contributed by atoms with Crippen molar-refractivity contribution >= 4 is 17.7 Å². The molecule has 4 nitrogen and oxygen atoms in total. The number of hydrogen-bond donors (Lipinski definition) is 0. The zero-order chi connectivity index (χ0) is 13.8. The third-order valence-corrected chi connectivity index (χ3v) is 3.71. The summed E-state index contributed by atoms with van der Waals surface area (Å²) in [4.78, 5) is 15.4. The third kappa shape index (κ3) is 3.14. The molecule has 0 unspecified atom stereocenters. The van der Waals surface area contributed by atoms with Gasteiger partial charge in [-0.05, 0) is 17.7 Å². The van der Waals surface area contributed by atoms with Crippen LogP contribution in [0, 0.1) is 5.82 Å². The van der Waals surface area contributed by atoms with Crippen molar-refractivity contribution in [3.05, 3.63) is 47.5 Å². The van der Waals surface area contributed by atoms with Crippen molar-refractivity contribution in [2.75, 3.05) is 7.11 Å². The van der Waals surface area contributed by atoms with Gasteiger partial charge in [0.1, 0.15) is 5.82 Å². The fourth-order valence-corrected chi connectivity index (χ4v) is 2.44. The SMILES string of the molecule is COC(=O)c1ccc(CSc2nccn2C)cc1F. The molecule has 2 aromatic rings. The lowest BCUT2D eigenvalue weighted by Gasteiger charge is -2.05. The predicted octanol–water partition coefficient (Wildman–Crippen LogP) is 2.64. The molecule has 1 heterocycles. The molecule has 0 spiro atoms. The van der Waals surface area contributed by atoms with Gasteiger partial charge in [-0.15, -0.1) is 0 Å². The summed E-state index contributed by atoms with van der Waals surface area (Å²) in [6.45, 7) is 0. The Morgan fingerprint density at radius 1 is 1.53 bits per heavy atom. The molecule has 1 aromatic carbocycles. The first-order valence-corrected chi connectivity index (χ1v) is 6.57. The van der Waals surface area contributed by atoms with E-state index in [9.17, 15) is 9.18 Å². The summed E-state index contributed by atoms with van der Waals surface area (Å²) in [5.74, 6) is -0.644. The first-order chi connectivity index (χ1) is 9.11. The van der Waals surface area contributed by atoms with Gasteiger partial charge in [-0.1, -0.05) is 17.8 Å². The molecule has 0 aliphatic rings. The standard InChI is InChI=1S/C13H13FN2O2S/c1-16-6-5-15-13(16)19-8-9-3-4-10(11(14)7-9)12(17)18-2/h3-7H,8H2,1-2H3. The Kier molecular flexibility index (Phi) is 4.21. The maximum absolute atomic E-state index is 13.7. The number of esters is 1. The lowest BCUT2D eigenvalue weighted by atomic mass is 10.1. The largest absolute Gasteiger partial charge is 0.465 e. The molecule has 0 N–H and O–H groups in total. The molecule has 100 valence electrons. The Balaban J connectivity index is 2.08. The minimum absolute atomic E-state index is 0.0479. The maximum atomic E-state index is 13.7. The Bertz CT molecular complexity index is 598. The second-order valence-corrected chi connectivity index (χ2v) is 4.86. The van der Waals surface area contributed by atoms with Gasteiger partial charge in [0.05, 0.1) is 12.7 Å². The lowest BCUT2D eigenvalue weighted by Crippen LogP contribution is -2.04. The molecule has 1 aromatic heterocycles. The van der Waals surface area contributed by atoms with Crippen molar-refractivity contribution in [1.82, 2.24) is 9.55 Å². The van der Waals surface area contributed by atoms with Gasteiger partial charge in [0.25, 0.3) is 0 Å². The number of carbonyl (C=O) groups excluding carboxylic acids is 1. The zero-order valence-electron chi connectivity index (χ0n) is 10.6. The summed E-state index contributed by atoms with van der Waals surface area (Å²) in [5.41, 5.74) is 0.742. The lowest BCUT2D eigenvalue weighted by molar-refractivity contribution is 0.0595. The molecule has 2 rings (SSSR count). The van der Waals surface area contributed by atoms with E-state index in [1.54, 1.807) is 12.3 Å². The molecule has 0 fully saturated rings. The van der Waals surface area contributed by atoms with Crippen molar-refractivity contribution < 1.29 is 13.9 Å². The number of halogens is 1. The highest BCUT2D eigenvalue weighted by atomic mass is 32.2. The maximum Gasteiger partial charge on any atom is 0.340 e. The summed E-state index contributed by atoms with van der Waals surface area (Å²) in [5, 5.41) is 0.859. The highest BCUT2D eigenvalue weighted by Gasteiger charge is 2.12. The molecule has 19 heavy (non-hydrogen) atoms. The van der Waals surface area contributed by atoms with Crippen molar-refractivity contribution in [3.8, 4) is 0 Å². The zero-order valence-corrected chi connectivity index (χ0v) is 11.4. The van der Waals surface area contributed by atoms with Gasteiger partial charge >= 0.3 is 5.97 Å². The third-order valence-electron chi connectivity index (χ3n) is 2.58. The van der Waals surface area contributed by atoms with Crippen LogP contribution in [0.3, 0.4) is 0 Å². The number of thioether (sulfide) groups is 1. The summed E-state index contributed by atoms with van der Waals surface area (Å²) in [6.07, 6.45) is 3.56. The number of hydrogen-bond acceptors (Lipinski definition) is 4. The van der Waals surface area contributed by atoms with Crippen LogP contribution in [0.25, 0.3) is 0 Å². The van der Waals surface area contributed by atoms with Gasteiger partial charge in [-0.25, -0.2) is 14.2 Å². The van der Waals surface area contributed by atoms with Crippen LogP contribution in [0.1, 0.15) is 15.9 Å². The number of aromatic nitrogens is 2. The summed E-state index contributed by atoms with van der Waals surface area (Å²) < 4.78 is 20.1. The molecule has 0 aliphatic carbocycles. The predicted molar refractivity (Wildman–Crippen MR) is 70.5 cm³/mol. The molecule has 0 aliphatic heterocycles. The number of imidazole rings is 1. The number of methoxy groups -OCH3 is 1. The number of carbonyl (C=O) groups is 1. The molecule has 0 radical (unpaired) electrons. The van der Waals surface area contributed by atoms with E-state index in [0.29, 0.717) is 5.75 Å². The quantitative estimate of drug-likeness (QED) is 0.638. The molecule has 0 saturated carbocycles. The second-order valence-electron chi connectivity index (χ2n) is 3.92. The average molecular weight is 280 g/mol. The van der Waals surface area contributed by atoms with Gasteiger partial charge < -0.3 is 9.30 Å². The molecular weight excluding hydrogens is 267 g/mol. The van der Waals surface area contributed by atoms with E-state index in [1.807, 2.05) is 17.8 Å². The van der Waals surface area contributed by atoms with Crippen molar-refractivity contribution in [2.45, 2.75) is 10.9 Å². The number of aryl methyl sites for hydroxylation is 1. The number of ether oxygens (including phenoxy) is 1. The van der Waals surface area contributed by atoms with Crippen LogP contribution in [-0.2, 0) is 17.5 Å². The summed E-state index contributed by atoms with van der Waals surface area (Å²) >= 11 is 1.50. The fraction of sp³-hybridized carbons (Fsp3) is 0.231. The van der Waals surface area contributed by atoms with Crippen molar-refractivity contribution in [2.24, 2.45) is 7.05 Å². The number of nitrogens with zero attached hydrogens (tertiary/aromatic N) is 2. The normalized spacial score (nSPS) is 10.5. The first kappa shape index (κ1) is 13.6. The molecule has 0 saturated heterocycles. The van der Waals surface area contributed by atoms with Crippen LogP contribution in [0.5, 0.6) is 0 Å². The Labute approximate surface area is 114 Å². The van der Waals surface area contributed by atoms with Gasteiger partial charge in [0.2, 0.25) is 0 Å². The summed E-state index contributed by atoms with van der Waals surface area (Å²) in [6, 6.07) is 4.50. The number of benzene rings is 1. The van der Waals surface area contributed by atoms with Gasteiger partial charge in [0, 0.05) is 25.2 Å². The second kappa shape index (κ2) is 5.88. The van der Waals surface area contributed by atoms with Crippen LogP contribution >= 0.6 is 11.8 Å². The van der Waals surface area contributed by atoms with Gasteiger partial charge in [0.15, 0.2) is 5.16 Å².